The monoisotopic (exact) mass is 258 g/mol. The molecule has 3 aliphatic heterocycles. The summed E-state index contributed by atoms with van der Waals surface area (Å²) in [4.78, 5) is 2.51. The summed E-state index contributed by atoms with van der Waals surface area (Å²) in [6, 6.07) is 0.906. The number of hydrogen-bond donors (Lipinski definition) is 1. The largest absolute Gasteiger partial charge is 0.316 e. The summed E-state index contributed by atoms with van der Waals surface area (Å²) in [7, 11) is -2.75. The number of rotatable bonds is 2. The van der Waals surface area contributed by atoms with E-state index in [0.29, 0.717) is 23.6 Å². The highest BCUT2D eigenvalue weighted by molar-refractivity contribution is 7.91. The molecule has 17 heavy (non-hydrogen) atoms. The van der Waals surface area contributed by atoms with Crippen molar-refractivity contribution in [3.05, 3.63) is 0 Å². The molecule has 3 aliphatic rings. The molecule has 98 valence electrons. The number of likely N-dealkylation sites (tertiary alicyclic amines) is 1. The smallest absolute Gasteiger partial charge is 0.151 e. The molecule has 4 nitrogen and oxygen atoms in total. The Morgan fingerprint density at radius 3 is 2.82 bits per heavy atom. The van der Waals surface area contributed by atoms with Crippen LogP contribution in [0.5, 0.6) is 0 Å². The lowest BCUT2D eigenvalue weighted by Crippen LogP contribution is -2.43. The predicted octanol–water partition coefficient (Wildman–Crippen LogP) is 0.103. The third kappa shape index (κ3) is 2.02. The molecule has 3 saturated heterocycles. The van der Waals surface area contributed by atoms with Crippen molar-refractivity contribution in [1.29, 1.82) is 0 Å². The van der Waals surface area contributed by atoms with Crippen LogP contribution in [-0.2, 0) is 9.84 Å². The molecule has 4 unspecified atom stereocenters. The summed E-state index contributed by atoms with van der Waals surface area (Å²) >= 11 is 0. The molecule has 0 saturated carbocycles. The zero-order valence-electron chi connectivity index (χ0n) is 10.4. The van der Waals surface area contributed by atoms with Crippen molar-refractivity contribution in [2.75, 3.05) is 31.1 Å². The van der Waals surface area contributed by atoms with Crippen LogP contribution >= 0.6 is 0 Å². The van der Waals surface area contributed by atoms with Crippen molar-refractivity contribution in [3.8, 4) is 0 Å². The number of nitrogens with zero attached hydrogens (tertiary/aromatic N) is 1. The molecule has 0 aromatic rings. The maximum Gasteiger partial charge on any atom is 0.151 e. The van der Waals surface area contributed by atoms with Gasteiger partial charge in [0.25, 0.3) is 0 Å². The highest BCUT2D eigenvalue weighted by Crippen LogP contribution is 2.37. The van der Waals surface area contributed by atoms with Gasteiger partial charge < -0.3 is 5.32 Å². The van der Waals surface area contributed by atoms with Gasteiger partial charge in [-0.2, -0.15) is 0 Å². The summed E-state index contributed by atoms with van der Waals surface area (Å²) in [6.07, 6.45) is 2.01. The van der Waals surface area contributed by atoms with Gasteiger partial charge in [-0.1, -0.05) is 6.92 Å². The quantitative estimate of drug-likeness (QED) is 0.763. The SMILES string of the molecule is CCC1C2CNCC2CN1C1CCS(=O)(=O)C1. The number of nitrogens with one attached hydrogen (secondary N) is 1. The molecule has 0 aromatic heterocycles. The fourth-order valence-electron chi connectivity index (χ4n) is 4.05. The Morgan fingerprint density at radius 2 is 2.18 bits per heavy atom. The van der Waals surface area contributed by atoms with Crippen LogP contribution in [0.4, 0.5) is 0 Å². The minimum atomic E-state index is -2.75. The van der Waals surface area contributed by atoms with Gasteiger partial charge in [-0.3, -0.25) is 4.90 Å². The third-order valence-electron chi connectivity index (χ3n) is 4.85. The Hall–Kier alpha value is -0.130. The van der Waals surface area contributed by atoms with E-state index in [4.69, 9.17) is 0 Å². The van der Waals surface area contributed by atoms with E-state index in [1.807, 2.05) is 0 Å². The van der Waals surface area contributed by atoms with Crippen LogP contribution < -0.4 is 5.32 Å². The first-order valence-electron chi connectivity index (χ1n) is 6.77. The molecule has 0 bridgehead atoms. The summed E-state index contributed by atoms with van der Waals surface area (Å²) in [5, 5.41) is 3.47. The normalized spacial score (nSPS) is 45.2. The molecule has 0 aliphatic carbocycles. The molecule has 0 amide bonds. The van der Waals surface area contributed by atoms with Gasteiger partial charge in [0.1, 0.15) is 0 Å². The van der Waals surface area contributed by atoms with Gasteiger partial charge in [0, 0.05) is 18.6 Å². The highest BCUT2D eigenvalue weighted by atomic mass is 32.2. The second-order valence-corrected chi connectivity index (χ2v) is 8.04. The van der Waals surface area contributed by atoms with E-state index >= 15 is 0 Å². The standard InChI is InChI=1S/C12H22N2O2S/c1-2-12-11-6-13-5-9(11)7-14(12)10-3-4-17(15,16)8-10/h9-13H,2-8H2,1H3. The summed E-state index contributed by atoms with van der Waals surface area (Å²) < 4.78 is 23.2. The maximum absolute atomic E-state index is 11.6. The molecule has 4 atom stereocenters. The molecule has 5 heteroatoms. The highest BCUT2D eigenvalue weighted by Gasteiger charge is 2.47. The first-order valence-corrected chi connectivity index (χ1v) is 8.60. The van der Waals surface area contributed by atoms with E-state index in [-0.39, 0.29) is 0 Å². The average Bonchev–Trinajstić information content (AvgIpc) is 2.89. The van der Waals surface area contributed by atoms with Crippen molar-refractivity contribution in [2.45, 2.75) is 31.8 Å². The fraction of sp³-hybridized carbons (Fsp3) is 1.00. The minimum Gasteiger partial charge on any atom is -0.316 e. The van der Waals surface area contributed by atoms with Gasteiger partial charge in [0.05, 0.1) is 11.5 Å². The van der Waals surface area contributed by atoms with Crippen molar-refractivity contribution in [2.24, 2.45) is 11.8 Å². The average molecular weight is 258 g/mol. The molecular formula is C12H22N2O2S. The molecule has 0 spiro atoms. The topological polar surface area (TPSA) is 49.4 Å². The Morgan fingerprint density at radius 1 is 1.35 bits per heavy atom. The van der Waals surface area contributed by atoms with Gasteiger partial charge in [-0.05, 0) is 37.8 Å². The van der Waals surface area contributed by atoms with Gasteiger partial charge in [-0.25, -0.2) is 8.42 Å². The Bertz CT molecular complexity index is 395. The second-order valence-electron chi connectivity index (χ2n) is 5.81. The molecule has 0 radical (unpaired) electrons. The van der Waals surface area contributed by atoms with E-state index in [1.165, 1.54) is 0 Å². The number of sulfone groups is 1. The van der Waals surface area contributed by atoms with Crippen molar-refractivity contribution < 1.29 is 8.42 Å². The molecule has 3 fully saturated rings. The lowest BCUT2D eigenvalue weighted by atomic mass is 9.92. The molecular weight excluding hydrogens is 236 g/mol. The van der Waals surface area contributed by atoms with E-state index in [0.717, 1.165) is 44.3 Å². The van der Waals surface area contributed by atoms with E-state index < -0.39 is 9.84 Å². The Balaban J connectivity index is 1.76. The number of fused-ring (bicyclic) bond motifs is 1. The molecule has 3 heterocycles. The van der Waals surface area contributed by atoms with Crippen molar-refractivity contribution >= 4 is 9.84 Å². The molecule has 1 N–H and O–H groups in total. The predicted molar refractivity (Wildman–Crippen MR) is 67.7 cm³/mol. The number of hydrogen-bond acceptors (Lipinski definition) is 4. The Kier molecular flexibility index (Phi) is 2.96. The second kappa shape index (κ2) is 4.21. The van der Waals surface area contributed by atoms with E-state index in [9.17, 15) is 8.42 Å². The third-order valence-corrected chi connectivity index (χ3v) is 6.60. The van der Waals surface area contributed by atoms with Crippen LogP contribution in [0.3, 0.4) is 0 Å². The van der Waals surface area contributed by atoms with Gasteiger partial charge in [-0.15, -0.1) is 0 Å². The van der Waals surface area contributed by atoms with Gasteiger partial charge in [0.15, 0.2) is 9.84 Å². The van der Waals surface area contributed by atoms with Crippen LogP contribution in [0.25, 0.3) is 0 Å². The molecule has 3 rings (SSSR count). The maximum atomic E-state index is 11.6. The zero-order valence-corrected chi connectivity index (χ0v) is 11.2. The van der Waals surface area contributed by atoms with Crippen LogP contribution in [0.2, 0.25) is 0 Å². The van der Waals surface area contributed by atoms with Gasteiger partial charge in [0.2, 0.25) is 0 Å². The Labute approximate surface area is 104 Å². The first kappa shape index (κ1) is 11.9. The van der Waals surface area contributed by atoms with Crippen LogP contribution in [0.1, 0.15) is 19.8 Å². The van der Waals surface area contributed by atoms with Crippen molar-refractivity contribution in [3.63, 3.8) is 0 Å². The lowest BCUT2D eigenvalue weighted by molar-refractivity contribution is 0.168. The summed E-state index contributed by atoms with van der Waals surface area (Å²) in [5.41, 5.74) is 0. The fourth-order valence-corrected chi connectivity index (χ4v) is 5.79. The summed E-state index contributed by atoms with van der Waals surface area (Å²) in [6.45, 7) is 5.59. The van der Waals surface area contributed by atoms with Crippen LogP contribution in [-0.4, -0.2) is 56.5 Å². The van der Waals surface area contributed by atoms with Crippen molar-refractivity contribution in [1.82, 2.24) is 10.2 Å². The van der Waals surface area contributed by atoms with E-state index in [2.05, 4.69) is 17.1 Å². The first-order chi connectivity index (χ1) is 8.11. The summed E-state index contributed by atoms with van der Waals surface area (Å²) in [5.74, 6) is 2.31. The minimum absolute atomic E-state index is 0.301. The van der Waals surface area contributed by atoms with Crippen LogP contribution in [0, 0.1) is 11.8 Å². The lowest BCUT2D eigenvalue weighted by Gasteiger charge is -2.31. The van der Waals surface area contributed by atoms with Gasteiger partial charge >= 0.3 is 0 Å². The molecule has 0 aromatic carbocycles. The van der Waals surface area contributed by atoms with Crippen LogP contribution in [0.15, 0.2) is 0 Å². The zero-order chi connectivity index (χ0) is 12.0. The van der Waals surface area contributed by atoms with E-state index in [1.54, 1.807) is 0 Å².